The highest BCUT2D eigenvalue weighted by Gasteiger charge is 2.64. The highest BCUT2D eigenvalue weighted by molar-refractivity contribution is 6.74. The quantitative estimate of drug-likeness (QED) is 0.120. The normalized spacial score (nSPS) is 31.6. The second-order valence-electron chi connectivity index (χ2n) is 18.6. The Kier molecular flexibility index (Phi) is 12.2. The van der Waals surface area contributed by atoms with Crippen LogP contribution in [0.5, 0.6) is 0 Å². The van der Waals surface area contributed by atoms with Gasteiger partial charge in [-0.25, -0.2) is 0 Å². The molecule has 0 aromatic rings. The lowest BCUT2D eigenvalue weighted by atomic mass is 9.68. The van der Waals surface area contributed by atoms with Crippen molar-refractivity contribution in [1.29, 1.82) is 0 Å². The molecule has 0 spiro atoms. The predicted molar refractivity (Wildman–Crippen MR) is 193 cm³/mol. The van der Waals surface area contributed by atoms with Crippen LogP contribution < -0.4 is 0 Å². The molecule has 4 nitrogen and oxygen atoms in total. The fourth-order valence-electron chi connectivity index (χ4n) is 7.32. The zero-order valence-electron chi connectivity index (χ0n) is 31.5. The summed E-state index contributed by atoms with van der Waals surface area (Å²) in [5, 5.41) is 0.304. The molecule has 0 aromatic heterocycles. The van der Waals surface area contributed by atoms with Crippen molar-refractivity contribution >= 4 is 16.6 Å². The van der Waals surface area contributed by atoms with Crippen molar-refractivity contribution in [3.05, 3.63) is 24.3 Å². The molecule has 2 unspecified atom stereocenters. The molecule has 1 saturated heterocycles. The van der Waals surface area contributed by atoms with Gasteiger partial charge in [-0.1, -0.05) is 107 Å². The van der Waals surface area contributed by atoms with Crippen LogP contribution in [0.15, 0.2) is 24.3 Å². The first-order valence-electron chi connectivity index (χ1n) is 18.1. The number of ether oxygens (including phenoxy) is 2. The molecule has 0 aromatic carbocycles. The first kappa shape index (κ1) is 38.2. The molecule has 3 fully saturated rings. The molecule has 7 atom stereocenters. The molecular formula is C38H72O4Si2. The third kappa shape index (κ3) is 8.42. The Balaban J connectivity index is 2.07. The van der Waals surface area contributed by atoms with Crippen molar-refractivity contribution in [3.63, 3.8) is 0 Å². The second kappa shape index (κ2) is 14.1. The summed E-state index contributed by atoms with van der Waals surface area (Å²) >= 11 is 0. The molecule has 0 amide bonds. The van der Waals surface area contributed by atoms with Crippen LogP contribution in [-0.2, 0) is 18.3 Å². The summed E-state index contributed by atoms with van der Waals surface area (Å²) in [5.74, 6) is 1.10. The van der Waals surface area contributed by atoms with Crippen LogP contribution >= 0.6 is 0 Å². The Labute approximate surface area is 275 Å². The Morgan fingerprint density at radius 3 is 2.09 bits per heavy atom. The van der Waals surface area contributed by atoms with Gasteiger partial charge < -0.3 is 18.3 Å². The Bertz CT molecular complexity index is 976. The number of fused-ring (bicyclic) bond motifs is 1. The molecule has 1 aliphatic heterocycles. The molecule has 2 aliphatic carbocycles. The van der Waals surface area contributed by atoms with E-state index in [0.717, 1.165) is 38.7 Å². The summed E-state index contributed by atoms with van der Waals surface area (Å²) in [7, 11) is -4.05. The fourth-order valence-corrected chi connectivity index (χ4v) is 10.4. The molecule has 0 N–H and O–H groups in total. The summed E-state index contributed by atoms with van der Waals surface area (Å²) < 4.78 is 27.8. The zero-order chi connectivity index (χ0) is 33.4. The SMILES string of the molecule is C=C1C[C@H]2[C@H](C[C@](O[Si](C)(C)C(C)(C)C)(C(C)(C)C)[C@H]2C=C[C@H](CCCCC)O[Si](C)(C)C(C)(C)C)C1OC1CCCCO1. The maximum atomic E-state index is 7.76. The van der Waals surface area contributed by atoms with Gasteiger partial charge in [0.25, 0.3) is 0 Å². The number of unbranched alkanes of at least 4 members (excludes halogenated alkanes) is 2. The van der Waals surface area contributed by atoms with Crippen LogP contribution in [0.3, 0.4) is 0 Å². The Morgan fingerprint density at radius 2 is 1.57 bits per heavy atom. The van der Waals surface area contributed by atoms with Gasteiger partial charge in [0.2, 0.25) is 0 Å². The average Bonchev–Trinajstić information content (AvgIpc) is 3.33. The van der Waals surface area contributed by atoms with E-state index >= 15 is 0 Å². The van der Waals surface area contributed by atoms with Crippen LogP contribution in [-0.4, -0.2) is 47.3 Å². The van der Waals surface area contributed by atoms with Gasteiger partial charge in [0.1, 0.15) is 0 Å². The van der Waals surface area contributed by atoms with Gasteiger partial charge >= 0.3 is 0 Å². The minimum atomic E-state index is -2.11. The van der Waals surface area contributed by atoms with Gasteiger partial charge in [0.15, 0.2) is 22.9 Å². The minimum absolute atomic E-state index is 0.0371. The van der Waals surface area contributed by atoms with Crippen LogP contribution in [0.25, 0.3) is 0 Å². The highest BCUT2D eigenvalue weighted by atomic mass is 28.4. The van der Waals surface area contributed by atoms with Crippen molar-refractivity contribution in [3.8, 4) is 0 Å². The highest BCUT2D eigenvalue weighted by Crippen LogP contribution is 2.63. The van der Waals surface area contributed by atoms with Crippen molar-refractivity contribution < 1.29 is 18.3 Å². The number of hydrogen-bond acceptors (Lipinski definition) is 4. The van der Waals surface area contributed by atoms with E-state index in [2.05, 4.69) is 114 Å². The van der Waals surface area contributed by atoms with Crippen LogP contribution in [0, 0.1) is 23.2 Å². The Hall–Kier alpha value is -0.246. The monoisotopic (exact) mass is 648 g/mol. The maximum Gasteiger partial charge on any atom is 0.192 e. The fraction of sp³-hybridized carbons (Fsp3) is 0.895. The zero-order valence-corrected chi connectivity index (χ0v) is 33.5. The smallest absolute Gasteiger partial charge is 0.192 e. The third-order valence-corrected chi connectivity index (χ3v) is 21.2. The average molecular weight is 649 g/mol. The first-order valence-corrected chi connectivity index (χ1v) is 23.9. The minimum Gasteiger partial charge on any atom is -0.411 e. The van der Waals surface area contributed by atoms with E-state index in [0.29, 0.717) is 11.8 Å². The van der Waals surface area contributed by atoms with Crippen molar-refractivity contribution in [1.82, 2.24) is 0 Å². The van der Waals surface area contributed by atoms with Gasteiger partial charge in [-0.3, -0.25) is 0 Å². The van der Waals surface area contributed by atoms with E-state index in [1.54, 1.807) is 0 Å². The molecule has 3 aliphatic rings. The summed E-state index contributed by atoms with van der Waals surface area (Å²) in [4.78, 5) is 0. The molecule has 44 heavy (non-hydrogen) atoms. The lowest BCUT2D eigenvalue weighted by Gasteiger charge is -2.53. The van der Waals surface area contributed by atoms with E-state index < -0.39 is 16.6 Å². The summed E-state index contributed by atoms with van der Waals surface area (Å²) in [6.07, 6.45) is 15.2. The molecule has 6 heteroatoms. The molecule has 0 radical (unpaired) electrons. The maximum absolute atomic E-state index is 7.76. The molecular weight excluding hydrogens is 577 g/mol. The predicted octanol–water partition coefficient (Wildman–Crippen LogP) is 11.4. The van der Waals surface area contributed by atoms with Crippen LogP contribution in [0.2, 0.25) is 36.3 Å². The van der Waals surface area contributed by atoms with Crippen LogP contribution in [0.4, 0.5) is 0 Å². The first-order chi connectivity index (χ1) is 20.1. The van der Waals surface area contributed by atoms with Gasteiger partial charge in [0, 0.05) is 12.5 Å². The van der Waals surface area contributed by atoms with Crippen molar-refractivity contribution in [2.45, 2.75) is 187 Å². The molecule has 0 bridgehead atoms. The van der Waals surface area contributed by atoms with Gasteiger partial charge in [-0.15, -0.1) is 0 Å². The van der Waals surface area contributed by atoms with Crippen molar-refractivity contribution in [2.24, 2.45) is 23.2 Å². The van der Waals surface area contributed by atoms with Gasteiger partial charge in [-0.05, 0) is 97.6 Å². The molecule has 1 heterocycles. The topological polar surface area (TPSA) is 36.9 Å². The second-order valence-corrected chi connectivity index (χ2v) is 28.1. The van der Waals surface area contributed by atoms with Gasteiger partial charge in [-0.2, -0.15) is 0 Å². The standard InChI is InChI=1S/C38H72O4Si2/c1-16-17-18-21-29(41-43(12,13)36(6,7)8)23-24-32-30-26-28(2)34(40-33-22-19-20-25-39-33)31(30)27-38(32,35(3,4)5)42-44(14,15)37(9,10)11/h23-24,29-34H,2,16-22,25-27H2,1,3-15H3/t29-,30-,31-,32-,33?,34?,38+/m0/s1. The molecule has 3 rings (SSSR count). The van der Waals surface area contributed by atoms with Crippen LogP contribution in [0.1, 0.15) is 127 Å². The van der Waals surface area contributed by atoms with E-state index in [1.165, 1.54) is 31.3 Å². The Morgan fingerprint density at radius 1 is 0.932 bits per heavy atom. The third-order valence-electron chi connectivity index (χ3n) is 12.2. The number of rotatable bonds is 12. The summed E-state index contributed by atoms with van der Waals surface area (Å²) in [5.41, 5.74) is 0.912. The van der Waals surface area contributed by atoms with E-state index in [9.17, 15) is 0 Å². The summed E-state index contributed by atoms with van der Waals surface area (Å²) in [6.45, 7) is 38.8. The summed E-state index contributed by atoms with van der Waals surface area (Å²) in [6, 6.07) is 0. The molecule has 256 valence electrons. The van der Waals surface area contributed by atoms with Crippen molar-refractivity contribution in [2.75, 3.05) is 6.61 Å². The lowest BCUT2D eigenvalue weighted by Crippen LogP contribution is -2.58. The van der Waals surface area contributed by atoms with E-state index in [1.807, 2.05) is 0 Å². The van der Waals surface area contributed by atoms with Gasteiger partial charge in [0.05, 0.1) is 17.8 Å². The van der Waals surface area contributed by atoms with E-state index in [4.69, 9.17) is 18.3 Å². The largest absolute Gasteiger partial charge is 0.411 e. The van der Waals surface area contributed by atoms with E-state index in [-0.39, 0.29) is 45.5 Å². The number of hydrogen-bond donors (Lipinski definition) is 0. The lowest BCUT2D eigenvalue weighted by molar-refractivity contribution is -0.189. The molecule has 2 saturated carbocycles.